The maximum absolute atomic E-state index is 6.15. The van der Waals surface area contributed by atoms with Crippen molar-refractivity contribution in [3.63, 3.8) is 0 Å². The highest BCUT2D eigenvalue weighted by Crippen LogP contribution is 2.27. The van der Waals surface area contributed by atoms with E-state index < -0.39 is 6.04 Å². The number of aromatic nitrogens is 2. The van der Waals surface area contributed by atoms with Crippen LogP contribution in [0.5, 0.6) is 0 Å². The molecule has 1 aromatic carbocycles. The molecule has 1 heterocycles. The van der Waals surface area contributed by atoms with Crippen molar-refractivity contribution in [2.45, 2.75) is 19.9 Å². The van der Waals surface area contributed by atoms with Gasteiger partial charge in [0, 0.05) is 6.61 Å². The molecule has 0 saturated carbocycles. The highest BCUT2D eigenvalue weighted by Gasteiger charge is 2.17. The topological polar surface area (TPSA) is 74.2 Å². The van der Waals surface area contributed by atoms with E-state index in [1.807, 2.05) is 32.0 Å². The van der Waals surface area contributed by atoms with Crippen LogP contribution in [-0.4, -0.2) is 23.4 Å². The summed E-state index contributed by atoms with van der Waals surface area (Å²) in [5.41, 5.74) is 7.67. The minimum atomic E-state index is -0.401. The van der Waals surface area contributed by atoms with Gasteiger partial charge in [0.1, 0.15) is 0 Å². The number of aryl methyl sites for hydroxylation is 1. The van der Waals surface area contributed by atoms with Crippen molar-refractivity contribution < 1.29 is 9.26 Å². The Bertz CT molecular complexity index is 557. The molecule has 2 aromatic rings. The van der Waals surface area contributed by atoms with Crippen LogP contribution in [0.3, 0.4) is 0 Å². The largest absolute Gasteiger partial charge is 0.380 e. The third kappa shape index (κ3) is 3.32. The molecule has 0 aliphatic carbocycles. The van der Waals surface area contributed by atoms with E-state index in [9.17, 15) is 0 Å². The highest BCUT2D eigenvalue weighted by atomic mass is 35.5. The fourth-order valence-electron chi connectivity index (χ4n) is 1.61. The summed E-state index contributed by atoms with van der Waals surface area (Å²) in [4.78, 5) is 4.26. The van der Waals surface area contributed by atoms with Gasteiger partial charge in [0.25, 0.3) is 5.89 Å². The molecule has 1 atom stereocenters. The van der Waals surface area contributed by atoms with Gasteiger partial charge in [-0.15, -0.1) is 0 Å². The molecule has 0 fully saturated rings. The minimum Gasteiger partial charge on any atom is -0.380 e. The van der Waals surface area contributed by atoms with Crippen LogP contribution in [0.25, 0.3) is 11.5 Å². The van der Waals surface area contributed by atoms with Gasteiger partial charge >= 0.3 is 0 Å². The summed E-state index contributed by atoms with van der Waals surface area (Å²) in [6.07, 6.45) is 0. The molecule has 1 aromatic heterocycles. The molecule has 0 saturated heterocycles. The zero-order valence-electron chi connectivity index (χ0n) is 10.9. The zero-order chi connectivity index (χ0) is 13.8. The van der Waals surface area contributed by atoms with E-state index in [0.717, 1.165) is 5.56 Å². The molecule has 0 aliphatic heterocycles. The number of hydrogen-bond donors (Lipinski definition) is 1. The van der Waals surface area contributed by atoms with Crippen molar-refractivity contribution in [3.05, 3.63) is 34.6 Å². The van der Waals surface area contributed by atoms with Crippen LogP contribution < -0.4 is 5.73 Å². The second-order valence-electron chi connectivity index (χ2n) is 4.21. The SMILES string of the molecule is CCOCC(N)c1noc(-c2ccc(C)cc2Cl)n1. The minimum absolute atomic E-state index is 0.358. The van der Waals surface area contributed by atoms with Gasteiger partial charge in [-0.25, -0.2) is 0 Å². The number of rotatable bonds is 5. The monoisotopic (exact) mass is 281 g/mol. The van der Waals surface area contributed by atoms with Crippen LogP contribution in [0.2, 0.25) is 5.02 Å². The van der Waals surface area contributed by atoms with Gasteiger partial charge < -0.3 is 15.0 Å². The summed E-state index contributed by atoms with van der Waals surface area (Å²) in [6, 6.07) is 5.23. The lowest BCUT2D eigenvalue weighted by Crippen LogP contribution is -2.18. The lowest BCUT2D eigenvalue weighted by molar-refractivity contribution is 0.130. The second-order valence-corrected chi connectivity index (χ2v) is 4.61. The number of ether oxygens (including phenoxy) is 1. The molecule has 102 valence electrons. The molecule has 5 nitrogen and oxygen atoms in total. The Balaban J connectivity index is 2.20. The molecule has 2 rings (SSSR count). The first kappa shape index (κ1) is 14.0. The van der Waals surface area contributed by atoms with E-state index in [1.54, 1.807) is 0 Å². The van der Waals surface area contributed by atoms with E-state index in [1.165, 1.54) is 0 Å². The van der Waals surface area contributed by atoms with Crippen molar-refractivity contribution in [2.75, 3.05) is 13.2 Å². The lowest BCUT2D eigenvalue weighted by Gasteiger charge is -2.05. The van der Waals surface area contributed by atoms with Gasteiger partial charge in [-0.2, -0.15) is 4.98 Å². The van der Waals surface area contributed by atoms with Crippen molar-refractivity contribution >= 4 is 11.6 Å². The standard InChI is InChI=1S/C13H16ClN3O2/c1-3-18-7-11(15)12-16-13(19-17-12)9-5-4-8(2)6-10(9)14/h4-6,11H,3,7,15H2,1-2H3. The molecular formula is C13H16ClN3O2. The van der Waals surface area contributed by atoms with Crippen molar-refractivity contribution in [1.82, 2.24) is 10.1 Å². The third-order valence-electron chi connectivity index (χ3n) is 2.63. The van der Waals surface area contributed by atoms with E-state index in [2.05, 4.69) is 10.1 Å². The maximum atomic E-state index is 6.15. The van der Waals surface area contributed by atoms with Gasteiger partial charge in [0.05, 0.1) is 23.2 Å². The fraction of sp³-hybridized carbons (Fsp3) is 0.385. The van der Waals surface area contributed by atoms with Crippen LogP contribution in [0.4, 0.5) is 0 Å². The molecule has 0 spiro atoms. The molecule has 6 heteroatoms. The Morgan fingerprint density at radius 3 is 2.95 bits per heavy atom. The van der Waals surface area contributed by atoms with Crippen LogP contribution in [-0.2, 0) is 4.74 Å². The number of nitrogens with two attached hydrogens (primary N) is 1. The first-order chi connectivity index (χ1) is 9.11. The quantitative estimate of drug-likeness (QED) is 0.912. The summed E-state index contributed by atoms with van der Waals surface area (Å²) in [6.45, 7) is 4.83. The van der Waals surface area contributed by atoms with Crippen LogP contribution >= 0.6 is 11.6 Å². The summed E-state index contributed by atoms with van der Waals surface area (Å²) >= 11 is 6.15. The molecule has 2 N–H and O–H groups in total. The maximum Gasteiger partial charge on any atom is 0.259 e. The van der Waals surface area contributed by atoms with Crippen LogP contribution in [0.1, 0.15) is 24.4 Å². The molecule has 0 aliphatic rings. The van der Waals surface area contributed by atoms with Crippen molar-refractivity contribution in [2.24, 2.45) is 5.73 Å². The number of nitrogens with zero attached hydrogens (tertiary/aromatic N) is 2. The Hall–Kier alpha value is -1.43. The second kappa shape index (κ2) is 6.14. The molecule has 0 bridgehead atoms. The Labute approximate surface area is 116 Å². The molecular weight excluding hydrogens is 266 g/mol. The van der Waals surface area contributed by atoms with Crippen LogP contribution in [0.15, 0.2) is 22.7 Å². The molecule has 1 unspecified atom stereocenters. The first-order valence-electron chi connectivity index (χ1n) is 6.05. The van der Waals surface area contributed by atoms with E-state index >= 15 is 0 Å². The summed E-state index contributed by atoms with van der Waals surface area (Å²) in [5.74, 6) is 0.784. The lowest BCUT2D eigenvalue weighted by atomic mass is 10.1. The van der Waals surface area contributed by atoms with Gasteiger partial charge in [0.2, 0.25) is 0 Å². The Morgan fingerprint density at radius 1 is 1.47 bits per heavy atom. The average molecular weight is 282 g/mol. The highest BCUT2D eigenvalue weighted by molar-refractivity contribution is 6.33. The van der Waals surface area contributed by atoms with Gasteiger partial charge in [0.15, 0.2) is 5.82 Å². The van der Waals surface area contributed by atoms with Gasteiger partial charge in [-0.3, -0.25) is 0 Å². The fourth-order valence-corrected chi connectivity index (χ4v) is 1.92. The number of halogens is 1. The predicted molar refractivity (Wildman–Crippen MR) is 72.9 cm³/mol. The van der Waals surface area contributed by atoms with Crippen molar-refractivity contribution in [3.8, 4) is 11.5 Å². The normalized spacial score (nSPS) is 12.6. The number of hydrogen-bond acceptors (Lipinski definition) is 5. The smallest absolute Gasteiger partial charge is 0.259 e. The zero-order valence-corrected chi connectivity index (χ0v) is 11.6. The van der Waals surface area contributed by atoms with Gasteiger partial charge in [-0.1, -0.05) is 22.8 Å². The molecule has 0 amide bonds. The average Bonchev–Trinajstić information content (AvgIpc) is 2.85. The predicted octanol–water partition coefficient (Wildman–Crippen LogP) is 2.73. The van der Waals surface area contributed by atoms with E-state index in [4.69, 9.17) is 26.6 Å². The Morgan fingerprint density at radius 2 is 2.26 bits per heavy atom. The summed E-state index contributed by atoms with van der Waals surface area (Å²) in [5, 5.41) is 4.44. The summed E-state index contributed by atoms with van der Waals surface area (Å²) < 4.78 is 10.4. The van der Waals surface area contributed by atoms with Crippen LogP contribution in [0, 0.1) is 6.92 Å². The molecule has 19 heavy (non-hydrogen) atoms. The van der Waals surface area contributed by atoms with E-state index in [0.29, 0.717) is 35.5 Å². The van der Waals surface area contributed by atoms with Crippen molar-refractivity contribution in [1.29, 1.82) is 0 Å². The number of benzene rings is 1. The first-order valence-corrected chi connectivity index (χ1v) is 6.43. The summed E-state index contributed by atoms with van der Waals surface area (Å²) in [7, 11) is 0. The Kier molecular flexibility index (Phi) is 4.52. The molecule has 0 radical (unpaired) electrons. The van der Waals surface area contributed by atoms with E-state index in [-0.39, 0.29) is 0 Å². The van der Waals surface area contributed by atoms with Gasteiger partial charge in [-0.05, 0) is 31.5 Å². The third-order valence-corrected chi connectivity index (χ3v) is 2.94.